The van der Waals surface area contributed by atoms with Crippen molar-refractivity contribution < 1.29 is 18.3 Å². The van der Waals surface area contributed by atoms with Crippen LogP contribution in [0.1, 0.15) is 11.6 Å². The maximum atomic E-state index is 11.9. The number of benzene rings is 1. The van der Waals surface area contributed by atoms with Crippen molar-refractivity contribution in [3.63, 3.8) is 0 Å². The molecule has 1 unspecified atom stereocenters. The zero-order valence-corrected chi connectivity index (χ0v) is 9.95. The number of methoxy groups -OCH3 is 1. The summed E-state index contributed by atoms with van der Waals surface area (Å²) in [5.74, 6) is 0.761. The number of halogens is 2. The van der Waals surface area contributed by atoms with Gasteiger partial charge in [0.05, 0.1) is 19.8 Å². The quantitative estimate of drug-likeness (QED) is 0.799. The van der Waals surface area contributed by atoms with Crippen molar-refractivity contribution >= 4 is 0 Å². The lowest BCUT2D eigenvalue weighted by atomic mass is 10.1. The molecule has 17 heavy (non-hydrogen) atoms. The molecule has 0 saturated heterocycles. The highest BCUT2D eigenvalue weighted by Gasteiger charge is 2.11. The van der Waals surface area contributed by atoms with Crippen molar-refractivity contribution in [3.05, 3.63) is 29.8 Å². The summed E-state index contributed by atoms with van der Waals surface area (Å²) < 4.78 is 33.8. The molecule has 0 radical (unpaired) electrons. The van der Waals surface area contributed by atoms with E-state index in [1.165, 1.54) is 0 Å². The first kappa shape index (κ1) is 13.9. The summed E-state index contributed by atoms with van der Waals surface area (Å²) in [5.41, 5.74) is 0.975. The van der Waals surface area contributed by atoms with Crippen LogP contribution >= 0.6 is 0 Å². The minimum atomic E-state index is -2.43. The number of rotatable bonds is 7. The molecule has 0 spiro atoms. The van der Waals surface area contributed by atoms with E-state index < -0.39 is 13.0 Å². The fraction of sp³-hybridized carbons (Fsp3) is 0.500. The van der Waals surface area contributed by atoms with Crippen LogP contribution in [0, 0.1) is 0 Å². The summed E-state index contributed by atoms with van der Waals surface area (Å²) in [5, 5.41) is 3.02. The van der Waals surface area contributed by atoms with Crippen LogP contribution in [0.25, 0.3) is 0 Å². The van der Waals surface area contributed by atoms with E-state index in [2.05, 4.69) is 5.32 Å². The third kappa shape index (κ3) is 4.66. The molecule has 0 bridgehead atoms. The fourth-order valence-corrected chi connectivity index (χ4v) is 1.46. The van der Waals surface area contributed by atoms with E-state index in [4.69, 9.17) is 9.47 Å². The molecule has 0 saturated carbocycles. The highest BCUT2D eigenvalue weighted by Crippen LogP contribution is 2.17. The lowest BCUT2D eigenvalue weighted by molar-refractivity contribution is 0.00985. The van der Waals surface area contributed by atoms with Crippen molar-refractivity contribution in [1.29, 1.82) is 0 Å². The number of alkyl halides is 2. The molecule has 3 nitrogen and oxygen atoms in total. The zero-order valence-electron chi connectivity index (χ0n) is 9.95. The number of nitrogens with one attached hydrogen (secondary N) is 1. The predicted octanol–water partition coefficient (Wildman–Crippen LogP) is 2.24. The lowest BCUT2D eigenvalue weighted by Gasteiger charge is -2.17. The molecule has 96 valence electrons. The molecule has 1 rings (SSSR count). The van der Waals surface area contributed by atoms with Gasteiger partial charge in [-0.15, -0.1) is 0 Å². The smallest absolute Gasteiger partial charge is 0.261 e. The van der Waals surface area contributed by atoms with Crippen LogP contribution in [0.4, 0.5) is 8.78 Å². The average Bonchev–Trinajstić information content (AvgIpc) is 2.34. The molecule has 0 amide bonds. The van der Waals surface area contributed by atoms with E-state index in [0.717, 1.165) is 11.3 Å². The van der Waals surface area contributed by atoms with Gasteiger partial charge in [0.15, 0.2) is 0 Å². The molecule has 1 aromatic rings. The Morgan fingerprint density at radius 2 is 1.82 bits per heavy atom. The Kier molecular flexibility index (Phi) is 5.86. The van der Waals surface area contributed by atoms with Crippen molar-refractivity contribution in [2.45, 2.75) is 12.5 Å². The van der Waals surface area contributed by atoms with E-state index in [1.54, 1.807) is 14.2 Å². The van der Waals surface area contributed by atoms with Crippen LogP contribution in [0.5, 0.6) is 5.75 Å². The Morgan fingerprint density at radius 3 is 2.29 bits per heavy atom. The van der Waals surface area contributed by atoms with Crippen LogP contribution in [0.2, 0.25) is 0 Å². The zero-order chi connectivity index (χ0) is 12.7. The fourth-order valence-electron chi connectivity index (χ4n) is 1.46. The first-order valence-electron chi connectivity index (χ1n) is 5.34. The van der Waals surface area contributed by atoms with Crippen LogP contribution in [-0.4, -0.2) is 33.8 Å². The summed E-state index contributed by atoms with van der Waals surface area (Å²) in [7, 11) is 3.36. The summed E-state index contributed by atoms with van der Waals surface area (Å²) in [6.07, 6.45) is -2.43. The summed E-state index contributed by atoms with van der Waals surface area (Å²) in [6.45, 7) is -0.318. The third-order valence-electron chi connectivity index (χ3n) is 2.39. The molecule has 0 aliphatic heterocycles. The maximum absolute atomic E-state index is 11.9. The number of likely N-dealkylation sites (N-methyl/N-ethyl adjacent to an activating group) is 1. The molecule has 1 N–H and O–H groups in total. The van der Waals surface area contributed by atoms with Crippen LogP contribution in [-0.2, 0) is 4.74 Å². The van der Waals surface area contributed by atoms with E-state index >= 15 is 0 Å². The van der Waals surface area contributed by atoms with E-state index in [1.807, 2.05) is 24.3 Å². The van der Waals surface area contributed by atoms with E-state index in [9.17, 15) is 8.78 Å². The monoisotopic (exact) mass is 245 g/mol. The standard InChI is InChI=1S/C12H17F2NO2/c1-15-11(7-17-8-12(13)14)9-3-5-10(16-2)6-4-9/h3-6,11-12,15H,7-8H2,1-2H3. The molecule has 1 atom stereocenters. The van der Waals surface area contributed by atoms with Gasteiger partial charge < -0.3 is 14.8 Å². The van der Waals surface area contributed by atoms with Gasteiger partial charge in [-0.25, -0.2) is 8.78 Å². The molecule has 0 fully saturated rings. The van der Waals surface area contributed by atoms with Crippen molar-refractivity contribution in [3.8, 4) is 5.75 Å². The molecule has 0 aliphatic rings. The second kappa shape index (κ2) is 7.19. The molecular weight excluding hydrogens is 228 g/mol. The summed E-state index contributed by atoms with van der Waals surface area (Å²) >= 11 is 0. The van der Waals surface area contributed by atoms with Crippen LogP contribution in [0.15, 0.2) is 24.3 Å². The highest BCUT2D eigenvalue weighted by atomic mass is 19.3. The summed E-state index contributed by atoms with van der Waals surface area (Å²) in [6, 6.07) is 7.32. The number of hydrogen-bond donors (Lipinski definition) is 1. The van der Waals surface area contributed by atoms with Gasteiger partial charge in [-0.3, -0.25) is 0 Å². The van der Waals surface area contributed by atoms with Gasteiger partial charge in [0.25, 0.3) is 6.43 Å². The molecule has 1 aromatic carbocycles. The lowest BCUT2D eigenvalue weighted by Crippen LogP contribution is -2.23. The number of ether oxygens (including phenoxy) is 2. The van der Waals surface area contributed by atoms with E-state index in [-0.39, 0.29) is 12.6 Å². The van der Waals surface area contributed by atoms with Gasteiger partial charge >= 0.3 is 0 Å². The van der Waals surface area contributed by atoms with Gasteiger partial charge in [0.2, 0.25) is 0 Å². The van der Waals surface area contributed by atoms with Crippen molar-refractivity contribution in [2.24, 2.45) is 0 Å². The Morgan fingerprint density at radius 1 is 1.18 bits per heavy atom. The Bertz CT molecular complexity index is 317. The first-order chi connectivity index (χ1) is 8.17. The molecule has 0 heterocycles. The third-order valence-corrected chi connectivity index (χ3v) is 2.39. The largest absolute Gasteiger partial charge is 0.497 e. The van der Waals surface area contributed by atoms with Crippen molar-refractivity contribution in [2.75, 3.05) is 27.4 Å². The van der Waals surface area contributed by atoms with Crippen LogP contribution in [0.3, 0.4) is 0 Å². The Labute approximate surface area is 99.7 Å². The van der Waals surface area contributed by atoms with Crippen molar-refractivity contribution in [1.82, 2.24) is 5.32 Å². The normalized spacial score (nSPS) is 12.8. The second-order valence-corrected chi connectivity index (χ2v) is 3.54. The van der Waals surface area contributed by atoms with Gasteiger partial charge in [-0.2, -0.15) is 0 Å². The first-order valence-corrected chi connectivity index (χ1v) is 5.34. The average molecular weight is 245 g/mol. The number of hydrogen-bond acceptors (Lipinski definition) is 3. The SMILES string of the molecule is CNC(COCC(F)F)c1ccc(OC)cc1. The van der Waals surface area contributed by atoms with Gasteiger partial charge in [0, 0.05) is 0 Å². The van der Waals surface area contributed by atoms with E-state index in [0.29, 0.717) is 0 Å². The summed E-state index contributed by atoms with van der Waals surface area (Å²) in [4.78, 5) is 0. The molecule has 5 heteroatoms. The van der Waals surface area contributed by atoms with Gasteiger partial charge in [0.1, 0.15) is 12.4 Å². The predicted molar refractivity (Wildman–Crippen MR) is 61.6 cm³/mol. The topological polar surface area (TPSA) is 30.5 Å². The molecular formula is C12H17F2NO2. The highest BCUT2D eigenvalue weighted by molar-refractivity contribution is 5.29. The minimum absolute atomic E-state index is 0.0975. The van der Waals surface area contributed by atoms with Gasteiger partial charge in [-0.05, 0) is 24.7 Å². The minimum Gasteiger partial charge on any atom is -0.497 e. The molecule has 0 aliphatic carbocycles. The Hall–Kier alpha value is -1.20. The maximum Gasteiger partial charge on any atom is 0.261 e. The van der Waals surface area contributed by atoms with Crippen LogP contribution < -0.4 is 10.1 Å². The second-order valence-electron chi connectivity index (χ2n) is 3.54. The Balaban J connectivity index is 2.53. The van der Waals surface area contributed by atoms with Gasteiger partial charge in [-0.1, -0.05) is 12.1 Å². The molecule has 0 aromatic heterocycles.